The fourth-order valence-corrected chi connectivity index (χ4v) is 2.98. The van der Waals surface area contributed by atoms with Gasteiger partial charge in [0.25, 0.3) is 0 Å². The Morgan fingerprint density at radius 3 is 3.07 bits per heavy atom. The van der Waals surface area contributed by atoms with Crippen LogP contribution in [0.5, 0.6) is 0 Å². The maximum atomic E-state index is 11.6. The summed E-state index contributed by atoms with van der Waals surface area (Å²) in [5.41, 5.74) is 3.57. The van der Waals surface area contributed by atoms with E-state index < -0.39 is 0 Å². The second-order valence-electron chi connectivity index (χ2n) is 4.84. The maximum Gasteiger partial charge on any atom is 0.225 e. The highest BCUT2D eigenvalue weighted by Crippen LogP contribution is 2.48. The summed E-state index contributed by atoms with van der Waals surface area (Å²) >= 11 is 0. The molecule has 78 valence electrons. The predicted octanol–water partition coefficient (Wildman–Crippen LogP) is 1.74. The van der Waals surface area contributed by atoms with Gasteiger partial charge in [-0.1, -0.05) is 13.0 Å². The molecule has 2 heterocycles. The summed E-state index contributed by atoms with van der Waals surface area (Å²) in [7, 11) is 2.09. The van der Waals surface area contributed by atoms with E-state index in [9.17, 15) is 4.79 Å². The minimum atomic E-state index is 0.00299. The molecule has 1 aromatic carbocycles. The Hall–Kier alpha value is -1.51. The van der Waals surface area contributed by atoms with Crippen molar-refractivity contribution in [3.63, 3.8) is 0 Å². The molecule has 15 heavy (non-hydrogen) atoms. The summed E-state index contributed by atoms with van der Waals surface area (Å²) < 4.78 is 0. The molecule has 1 amide bonds. The van der Waals surface area contributed by atoms with Gasteiger partial charge in [-0.15, -0.1) is 0 Å². The van der Waals surface area contributed by atoms with Crippen LogP contribution in [0, 0.1) is 0 Å². The van der Waals surface area contributed by atoms with Crippen LogP contribution in [-0.2, 0) is 10.2 Å². The van der Waals surface area contributed by atoms with Gasteiger partial charge >= 0.3 is 0 Å². The number of nitrogens with one attached hydrogen (secondary N) is 1. The Balaban J connectivity index is 2.28. The molecule has 0 fully saturated rings. The first-order valence-corrected chi connectivity index (χ1v) is 5.25. The average Bonchev–Trinajstić information content (AvgIpc) is 2.39. The van der Waals surface area contributed by atoms with Crippen molar-refractivity contribution in [3.05, 3.63) is 23.8 Å². The van der Waals surface area contributed by atoms with Gasteiger partial charge in [-0.25, -0.2) is 0 Å². The molecule has 1 atom stereocenters. The largest absolute Gasteiger partial charge is 0.373 e. The van der Waals surface area contributed by atoms with Crippen LogP contribution in [0.15, 0.2) is 18.2 Å². The van der Waals surface area contributed by atoms with Crippen molar-refractivity contribution in [1.82, 2.24) is 0 Å². The number of likely N-dealkylation sites (N-methyl/N-ethyl adjacent to an activating group) is 1. The molecule has 1 unspecified atom stereocenters. The van der Waals surface area contributed by atoms with Gasteiger partial charge in [-0.2, -0.15) is 0 Å². The number of rotatable bonds is 0. The zero-order chi connectivity index (χ0) is 10.6. The van der Waals surface area contributed by atoms with Gasteiger partial charge in [0.15, 0.2) is 0 Å². The van der Waals surface area contributed by atoms with E-state index in [-0.39, 0.29) is 11.3 Å². The quantitative estimate of drug-likeness (QED) is 0.695. The van der Waals surface area contributed by atoms with Gasteiger partial charge in [0, 0.05) is 42.4 Å². The van der Waals surface area contributed by atoms with Crippen molar-refractivity contribution < 1.29 is 4.79 Å². The van der Waals surface area contributed by atoms with Crippen LogP contribution in [0.3, 0.4) is 0 Å². The van der Waals surface area contributed by atoms with Crippen LogP contribution < -0.4 is 10.2 Å². The Kier molecular flexibility index (Phi) is 1.48. The molecule has 3 heteroatoms. The highest BCUT2D eigenvalue weighted by molar-refractivity contribution is 5.98. The summed E-state index contributed by atoms with van der Waals surface area (Å²) in [6, 6.07) is 6.12. The van der Waals surface area contributed by atoms with Crippen LogP contribution in [0.25, 0.3) is 0 Å². The Labute approximate surface area is 89.1 Å². The number of carbonyl (C=O) groups excluding carboxylic acids is 1. The molecule has 2 aliphatic rings. The summed E-state index contributed by atoms with van der Waals surface area (Å²) in [4.78, 5) is 13.8. The molecule has 0 bridgehead atoms. The van der Waals surface area contributed by atoms with Crippen molar-refractivity contribution in [2.24, 2.45) is 0 Å². The number of hydrogen-bond donors (Lipinski definition) is 1. The second kappa shape index (κ2) is 2.54. The SMILES string of the molecule is CN1CC2(C)CC(=O)Nc3cccc1c32. The summed E-state index contributed by atoms with van der Waals surface area (Å²) in [5, 5.41) is 2.95. The third-order valence-electron chi connectivity index (χ3n) is 3.47. The van der Waals surface area contributed by atoms with E-state index >= 15 is 0 Å². The Morgan fingerprint density at radius 2 is 2.27 bits per heavy atom. The number of anilines is 2. The Bertz CT molecular complexity index is 455. The fourth-order valence-electron chi connectivity index (χ4n) is 2.98. The lowest BCUT2D eigenvalue weighted by atomic mass is 9.78. The molecule has 0 radical (unpaired) electrons. The molecule has 0 spiro atoms. The van der Waals surface area contributed by atoms with Crippen LogP contribution >= 0.6 is 0 Å². The van der Waals surface area contributed by atoms with E-state index in [4.69, 9.17) is 0 Å². The maximum absolute atomic E-state index is 11.6. The Morgan fingerprint density at radius 1 is 1.47 bits per heavy atom. The van der Waals surface area contributed by atoms with Gasteiger partial charge < -0.3 is 10.2 Å². The van der Waals surface area contributed by atoms with Gasteiger partial charge in [-0.05, 0) is 12.1 Å². The molecule has 2 aliphatic heterocycles. The number of carbonyl (C=O) groups is 1. The zero-order valence-electron chi connectivity index (χ0n) is 9.00. The molecule has 0 saturated carbocycles. The van der Waals surface area contributed by atoms with E-state index in [2.05, 4.69) is 30.3 Å². The number of amides is 1. The number of benzene rings is 1. The van der Waals surface area contributed by atoms with Crippen molar-refractivity contribution in [3.8, 4) is 0 Å². The van der Waals surface area contributed by atoms with Gasteiger partial charge in [-0.3, -0.25) is 4.79 Å². The van der Waals surface area contributed by atoms with Crippen LogP contribution in [0.1, 0.15) is 18.9 Å². The summed E-state index contributed by atoms with van der Waals surface area (Å²) in [5.74, 6) is 0.137. The highest BCUT2D eigenvalue weighted by atomic mass is 16.1. The molecule has 1 aromatic rings. The minimum absolute atomic E-state index is 0.00299. The topological polar surface area (TPSA) is 32.3 Å². The minimum Gasteiger partial charge on any atom is -0.373 e. The molecule has 0 saturated heterocycles. The molecular weight excluding hydrogens is 188 g/mol. The van der Waals surface area contributed by atoms with Gasteiger partial charge in [0.2, 0.25) is 5.91 Å². The number of hydrogen-bond acceptors (Lipinski definition) is 2. The van der Waals surface area contributed by atoms with Gasteiger partial charge in [0.1, 0.15) is 0 Å². The molecule has 1 N–H and O–H groups in total. The number of nitrogens with zero attached hydrogens (tertiary/aromatic N) is 1. The molecular formula is C12H14N2O. The lowest BCUT2D eigenvalue weighted by molar-refractivity contribution is -0.117. The molecule has 3 rings (SSSR count). The van der Waals surface area contributed by atoms with Crippen molar-refractivity contribution in [2.75, 3.05) is 23.8 Å². The van der Waals surface area contributed by atoms with E-state index in [0.717, 1.165) is 12.2 Å². The normalized spacial score (nSPS) is 27.6. The average molecular weight is 202 g/mol. The third-order valence-corrected chi connectivity index (χ3v) is 3.47. The molecule has 3 nitrogen and oxygen atoms in total. The second-order valence-corrected chi connectivity index (χ2v) is 4.84. The van der Waals surface area contributed by atoms with Gasteiger partial charge in [0.05, 0.1) is 0 Å². The standard InChI is InChI=1S/C12H14N2O/c1-12-6-10(15)13-8-4-3-5-9(11(8)12)14(2)7-12/h3-5H,6-7H2,1-2H3,(H,13,15). The van der Waals surface area contributed by atoms with E-state index in [1.807, 2.05) is 12.1 Å². The zero-order valence-corrected chi connectivity index (χ0v) is 9.00. The van der Waals surface area contributed by atoms with E-state index in [1.54, 1.807) is 0 Å². The van der Waals surface area contributed by atoms with Crippen molar-refractivity contribution in [2.45, 2.75) is 18.8 Å². The first-order chi connectivity index (χ1) is 7.10. The van der Waals surface area contributed by atoms with Crippen LogP contribution in [-0.4, -0.2) is 19.5 Å². The first kappa shape index (κ1) is 8.77. The summed E-state index contributed by atoms with van der Waals surface area (Å²) in [6.45, 7) is 3.12. The van der Waals surface area contributed by atoms with E-state index in [1.165, 1.54) is 11.3 Å². The fraction of sp³-hybridized carbons (Fsp3) is 0.417. The lowest BCUT2D eigenvalue weighted by Crippen LogP contribution is -2.36. The van der Waals surface area contributed by atoms with Crippen molar-refractivity contribution >= 4 is 17.3 Å². The molecule has 0 aromatic heterocycles. The first-order valence-electron chi connectivity index (χ1n) is 5.25. The highest BCUT2D eigenvalue weighted by Gasteiger charge is 2.43. The van der Waals surface area contributed by atoms with Crippen molar-refractivity contribution in [1.29, 1.82) is 0 Å². The third kappa shape index (κ3) is 1.03. The van der Waals surface area contributed by atoms with Crippen LogP contribution in [0.4, 0.5) is 11.4 Å². The lowest BCUT2D eigenvalue weighted by Gasteiger charge is -2.30. The smallest absolute Gasteiger partial charge is 0.225 e. The van der Waals surface area contributed by atoms with E-state index in [0.29, 0.717) is 6.42 Å². The monoisotopic (exact) mass is 202 g/mol. The molecule has 0 aliphatic carbocycles. The summed E-state index contributed by atoms with van der Waals surface area (Å²) in [6.07, 6.45) is 0.599. The van der Waals surface area contributed by atoms with Crippen LogP contribution in [0.2, 0.25) is 0 Å². The predicted molar refractivity (Wildman–Crippen MR) is 60.3 cm³/mol.